The van der Waals surface area contributed by atoms with Crippen molar-refractivity contribution in [1.29, 1.82) is 0 Å². The molecule has 0 bridgehead atoms. The second-order valence-electron chi connectivity index (χ2n) is 5.16. The molecule has 23 heavy (non-hydrogen) atoms. The van der Waals surface area contributed by atoms with Gasteiger partial charge in [0.05, 0.1) is 15.1 Å². The van der Waals surface area contributed by atoms with Crippen molar-refractivity contribution >= 4 is 43.8 Å². The number of benzene rings is 1. The molecule has 0 atom stereocenters. The van der Waals surface area contributed by atoms with Crippen LogP contribution in [0.15, 0.2) is 29.3 Å². The number of nitrogens with zero attached hydrogens (tertiary/aromatic N) is 3. The largest absolute Gasteiger partial charge is 0.324 e. The van der Waals surface area contributed by atoms with Crippen LogP contribution in [0.1, 0.15) is 20.8 Å². The van der Waals surface area contributed by atoms with Gasteiger partial charge in [0.2, 0.25) is 0 Å². The van der Waals surface area contributed by atoms with Gasteiger partial charge in [0, 0.05) is 13.1 Å². The zero-order chi connectivity index (χ0) is 16.7. The van der Waals surface area contributed by atoms with Gasteiger partial charge in [0.15, 0.2) is 4.80 Å². The fraction of sp³-hybridized carbons (Fsp3) is 0.200. The molecule has 2 heterocycles. The topological polar surface area (TPSA) is 77.5 Å². The first-order chi connectivity index (χ1) is 10.9. The van der Waals surface area contributed by atoms with E-state index in [1.165, 1.54) is 34.6 Å². The number of amides is 1. The van der Waals surface area contributed by atoms with E-state index in [9.17, 15) is 14.9 Å². The summed E-state index contributed by atoms with van der Waals surface area (Å²) in [5.41, 5.74) is 3.38. The van der Waals surface area contributed by atoms with Gasteiger partial charge in [-0.3, -0.25) is 14.9 Å². The molecule has 0 aliphatic rings. The van der Waals surface area contributed by atoms with Crippen LogP contribution in [-0.4, -0.2) is 15.4 Å². The van der Waals surface area contributed by atoms with Crippen LogP contribution in [0.5, 0.6) is 0 Å². The average Bonchev–Trinajstić information content (AvgIpc) is 3.08. The number of hydrogen-bond donors (Lipinski definition) is 0. The fourth-order valence-corrected chi connectivity index (χ4v) is 3.97. The first-order valence-electron chi connectivity index (χ1n) is 6.77. The van der Waals surface area contributed by atoms with Crippen molar-refractivity contribution in [1.82, 2.24) is 4.57 Å². The van der Waals surface area contributed by atoms with Crippen LogP contribution in [0.4, 0.5) is 5.00 Å². The molecule has 0 N–H and O–H groups in total. The van der Waals surface area contributed by atoms with Gasteiger partial charge in [-0.05, 0) is 43.2 Å². The normalized spacial score (nSPS) is 12.0. The second-order valence-corrected chi connectivity index (χ2v) is 7.23. The van der Waals surface area contributed by atoms with E-state index in [4.69, 9.17) is 0 Å². The summed E-state index contributed by atoms with van der Waals surface area (Å²) in [6.45, 7) is 4.08. The van der Waals surface area contributed by atoms with Gasteiger partial charge in [0.25, 0.3) is 5.91 Å². The monoisotopic (exact) mass is 347 g/mol. The number of carbonyl (C=O) groups is 1. The summed E-state index contributed by atoms with van der Waals surface area (Å²) in [4.78, 5) is 27.4. The van der Waals surface area contributed by atoms with Gasteiger partial charge in [-0.2, -0.15) is 4.99 Å². The Hall–Kier alpha value is -2.32. The van der Waals surface area contributed by atoms with E-state index >= 15 is 0 Å². The number of thiazole rings is 1. The average molecular weight is 347 g/mol. The lowest BCUT2D eigenvalue weighted by atomic mass is 10.1. The molecule has 8 heteroatoms. The first kappa shape index (κ1) is 15.6. The van der Waals surface area contributed by atoms with E-state index in [-0.39, 0.29) is 9.88 Å². The molecule has 1 aromatic carbocycles. The third kappa shape index (κ3) is 2.82. The number of thiophene rings is 1. The molecule has 0 spiro atoms. The van der Waals surface area contributed by atoms with Gasteiger partial charge in [-0.15, -0.1) is 0 Å². The molecule has 0 radical (unpaired) electrons. The summed E-state index contributed by atoms with van der Waals surface area (Å²) in [7, 11) is 1.86. The second kappa shape index (κ2) is 5.71. The molecule has 2 aromatic heterocycles. The fourth-order valence-electron chi connectivity index (χ4n) is 2.17. The van der Waals surface area contributed by atoms with Gasteiger partial charge in [-0.25, -0.2) is 0 Å². The highest BCUT2D eigenvalue weighted by Crippen LogP contribution is 2.25. The lowest BCUT2D eigenvalue weighted by molar-refractivity contribution is -0.380. The van der Waals surface area contributed by atoms with Crippen LogP contribution < -0.4 is 4.80 Å². The number of carbonyl (C=O) groups excluding carboxylic acids is 1. The summed E-state index contributed by atoms with van der Waals surface area (Å²) in [6.07, 6.45) is 0. The first-order valence-corrected chi connectivity index (χ1v) is 8.40. The molecule has 0 saturated carbocycles. The maximum Gasteiger partial charge on any atom is 0.324 e. The predicted octanol–water partition coefficient (Wildman–Crippen LogP) is 3.57. The number of aryl methyl sites for hydroxylation is 3. The summed E-state index contributed by atoms with van der Waals surface area (Å²) in [6, 6.07) is 6.91. The molecule has 118 valence electrons. The van der Waals surface area contributed by atoms with Crippen molar-refractivity contribution in [2.75, 3.05) is 0 Å². The molecule has 0 fully saturated rings. The minimum Gasteiger partial charge on any atom is -0.319 e. The lowest BCUT2D eigenvalue weighted by Crippen LogP contribution is -2.12. The Morgan fingerprint density at radius 1 is 1.22 bits per heavy atom. The maximum absolute atomic E-state index is 12.2. The Labute approximate surface area is 139 Å². The van der Waals surface area contributed by atoms with E-state index < -0.39 is 10.8 Å². The SMILES string of the molecule is Cc1cc2sc(=NC(=O)c3ccc([N+](=O)[O-])s3)n(C)c2cc1C. The van der Waals surface area contributed by atoms with Crippen LogP contribution in [0.25, 0.3) is 10.2 Å². The van der Waals surface area contributed by atoms with Gasteiger partial charge >= 0.3 is 5.00 Å². The van der Waals surface area contributed by atoms with Crippen LogP contribution in [0, 0.1) is 24.0 Å². The summed E-state index contributed by atoms with van der Waals surface area (Å²) in [5, 5.41) is 10.6. The Balaban J connectivity index is 2.07. The van der Waals surface area contributed by atoms with Crippen LogP contribution >= 0.6 is 22.7 Å². The van der Waals surface area contributed by atoms with Gasteiger partial charge in [-0.1, -0.05) is 22.7 Å². The van der Waals surface area contributed by atoms with E-state index in [0.29, 0.717) is 4.80 Å². The molecular weight excluding hydrogens is 334 g/mol. The third-order valence-electron chi connectivity index (χ3n) is 3.60. The summed E-state index contributed by atoms with van der Waals surface area (Å²) < 4.78 is 2.92. The Kier molecular flexibility index (Phi) is 3.87. The highest BCUT2D eigenvalue weighted by atomic mass is 32.1. The van der Waals surface area contributed by atoms with Crippen LogP contribution in [0.3, 0.4) is 0 Å². The minimum atomic E-state index is -0.508. The van der Waals surface area contributed by atoms with E-state index in [1.807, 2.05) is 25.5 Å². The number of rotatable bonds is 2. The van der Waals surface area contributed by atoms with Crippen molar-refractivity contribution in [3.05, 3.63) is 55.2 Å². The zero-order valence-electron chi connectivity index (χ0n) is 12.7. The lowest BCUT2D eigenvalue weighted by Gasteiger charge is -2.00. The number of nitro groups is 1. The zero-order valence-corrected chi connectivity index (χ0v) is 14.3. The van der Waals surface area contributed by atoms with Crippen molar-refractivity contribution < 1.29 is 9.72 Å². The van der Waals surface area contributed by atoms with Crippen LogP contribution in [0.2, 0.25) is 0 Å². The number of aromatic nitrogens is 1. The highest BCUT2D eigenvalue weighted by Gasteiger charge is 2.15. The van der Waals surface area contributed by atoms with E-state index in [1.54, 1.807) is 0 Å². The molecule has 0 saturated heterocycles. The molecule has 3 aromatic rings. The smallest absolute Gasteiger partial charge is 0.319 e. The Morgan fingerprint density at radius 2 is 1.91 bits per heavy atom. The summed E-state index contributed by atoms with van der Waals surface area (Å²) in [5.74, 6) is -0.460. The van der Waals surface area contributed by atoms with Crippen molar-refractivity contribution in [3.63, 3.8) is 0 Å². The molecule has 6 nitrogen and oxygen atoms in total. The van der Waals surface area contributed by atoms with E-state index in [2.05, 4.69) is 17.1 Å². The summed E-state index contributed by atoms with van der Waals surface area (Å²) >= 11 is 2.27. The molecule has 1 amide bonds. The molecule has 0 aliphatic carbocycles. The number of hydrogen-bond acceptors (Lipinski definition) is 5. The van der Waals surface area contributed by atoms with Crippen molar-refractivity contribution in [2.45, 2.75) is 13.8 Å². The van der Waals surface area contributed by atoms with Crippen molar-refractivity contribution in [3.8, 4) is 0 Å². The quantitative estimate of drug-likeness (QED) is 0.525. The molecule has 0 unspecified atom stereocenters. The van der Waals surface area contributed by atoms with E-state index in [0.717, 1.165) is 21.6 Å². The van der Waals surface area contributed by atoms with Gasteiger partial charge < -0.3 is 4.57 Å². The Bertz CT molecular complexity index is 1010. The molecular formula is C15H13N3O3S2. The molecule has 3 rings (SSSR count). The standard InChI is InChI=1S/C15H13N3O3S2/c1-8-6-10-12(7-9(8)2)23-15(17(10)3)16-14(19)11-4-5-13(22-11)18(20)21/h4-7H,1-3H3. The van der Waals surface area contributed by atoms with Crippen molar-refractivity contribution in [2.24, 2.45) is 12.0 Å². The Morgan fingerprint density at radius 3 is 2.57 bits per heavy atom. The third-order valence-corrected chi connectivity index (χ3v) is 5.72. The highest BCUT2D eigenvalue weighted by molar-refractivity contribution is 7.17. The maximum atomic E-state index is 12.2. The number of fused-ring (bicyclic) bond motifs is 1. The van der Waals surface area contributed by atoms with Gasteiger partial charge in [0.1, 0.15) is 4.88 Å². The predicted molar refractivity (Wildman–Crippen MR) is 91.1 cm³/mol. The minimum absolute atomic E-state index is 0.0597. The van der Waals surface area contributed by atoms with Crippen LogP contribution in [-0.2, 0) is 7.05 Å². The molecule has 0 aliphatic heterocycles.